The van der Waals surface area contributed by atoms with Crippen LogP contribution in [-0.4, -0.2) is 45.1 Å². The molecule has 5 N–H and O–H groups in total. The number of aliphatic carboxylic acids is 1. The summed E-state index contributed by atoms with van der Waals surface area (Å²) >= 11 is 0. The van der Waals surface area contributed by atoms with Crippen LogP contribution in [0, 0.1) is 23.6 Å². The molecule has 0 heterocycles. The third-order valence-corrected chi connectivity index (χ3v) is 4.14. The third kappa shape index (κ3) is 9.62. The Hall–Kier alpha value is -2.24. The second-order valence-corrected chi connectivity index (χ2v) is 8.27. The monoisotopic (exact) mass is 414 g/mol. The molecule has 0 aliphatic heterocycles. The molecule has 0 aliphatic rings. The molecule has 28 heavy (non-hydrogen) atoms. The van der Waals surface area contributed by atoms with Crippen molar-refractivity contribution in [1.29, 1.82) is 0 Å². The van der Waals surface area contributed by atoms with Gasteiger partial charge in [-0.25, -0.2) is 9.18 Å². The first-order valence-corrected chi connectivity index (χ1v) is 10.3. The van der Waals surface area contributed by atoms with Crippen molar-refractivity contribution in [3.63, 3.8) is 0 Å². The fraction of sp³-hybridized carbons (Fsp3) is 0.444. The highest BCUT2D eigenvalue weighted by Gasteiger charge is 2.27. The van der Waals surface area contributed by atoms with Crippen LogP contribution in [0.15, 0.2) is 24.3 Å². The molecule has 0 bridgehead atoms. The summed E-state index contributed by atoms with van der Waals surface area (Å²) in [6, 6.07) is 3.21. The zero-order valence-corrected chi connectivity index (χ0v) is 16.4. The van der Waals surface area contributed by atoms with Gasteiger partial charge < -0.3 is 20.2 Å². The molecule has 1 aromatic rings. The smallest absolute Gasteiger partial charge is 0.339 e. The molecule has 1 aromatic carbocycles. The van der Waals surface area contributed by atoms with Crippen molar-refractivity contribution in [2.24, 2.45) is 5.92 Å². The van der Waals surface area contributed by atoms with Gasteiger partial charge in [-0.2, -0.15) is 0 Å². The molecule has 1 amide bonds. The lowest BCUT2D eigenvalue weighted by atomic mass is 10.0. The highest BCUT2D eigenvalue weighted by atomic mass is 31.2. The molecule has 154 valence electrons. The normalized spacial score (nSPS) is 13.4. The molecule has 2 unspecified atom stereocenters. The number of hydrogen-bond acceptors (Lipinski definition) is 4. The average Bonchev–Trinajstić information content (AvgIpc) is 2.55. The number of halogens is 1. The Morgan fingerprint density at radius 2 is 1.93 bits per heavy atom. The zero-order valence-electron chi connectivity index (χ0n) is 15.6. The molecule has 0 saturated carbocycles. The van der Waals surface area contributed by atoms with Gasteiger partial charge in [-0.05, 0) is 30.5 Å². The molecule has 2 atom stereocenters. The maximum atomic E-state index is 13.2. The first kappa shape index (κ1) is 23.8. The van der Waals surface area contributed by atoms with E-state index in [9.17, 15) is 23.7 Å². The van der Waals surface area contributed by atoms with Crippen molar-refractivity contribution in [3.05, 3.63) is 35.6 Å². The minimum atomic E-state index is -4.44. The van der Waals surface area contributed by atoms with Crippen LogP contribution in [0.5, 0.6) is 0 Å². The van der Waals surface area contributed by atoms with Crippen molar-refractivity contribution < 1.29 is 33.4 Å². The molecule has 0 radical (unpaired) electrons. The lowest BCUT2D eigenvalue weighted by Crippen LogP contribution is -2.50. The quantitative estimate of drug-likeness (QED) is 0.303. The van der Waals surface area contributed by atoms with E-state index in [0.717, 1.165) is 0 Å². The molecule has 0 fully saturated rings. The number of hydrogen-bond donors (Lipinski definition) is 5. The topological polar surface area (TPSA) is 136 Å². The summed E-state index contributed by atoms with van der Waals surface area (Å²) in [4.78, 5) is 41.8. The predicted molar refractivity (Wildman–Crippen MR) is 101 cm³/mol. The van der Waals surface area contributed by atoms with Crippen LogP contribution in [0.25, 0.3) is 0 Å². The average molecular weight is 414 g/mol. The summed E-state index contributed by atoms with van der Waals surface area (Å²) in [5, 5.41) is 14.0. The van der Waals surface area contributed by atoms with Gasteiger partial charge in [-0.3, -0.25) is 14.7 Å². The van der Waals surface area contributed by atoms with E-state index in [-0.39, 0.29) is 18.8 Å². The van der Waals surface area contributed by atoms with Crippen LogP contribution in [-0.2, 0) is 14.2 Å². The fourth-order valence-corrected chi connectivity index (χ4v) is 2.73. The van der Waals surface area contributed by atoms with E-state index in [2.05, 4.69) is 22.5 Å². The Kier molecular flexibility index (Phi) is 9.29. The number of rotatable bonds is 9. The molecule has 1 rings (SSSR count). The molecule has 0 spiro atoms. The predicted octanol–water partition coefficient (Wildman–Crippen LogP) is 1.28. The maximum Gasteiger partial charge on any atom is 0.339 e. The van der Waals surface area contributed by atoms with Crippen molar-refractivity contribution in [1.82, 2.24) is 10.6 Å². The Morgan fingerprint density at radius 1 is 1.25 bits per heavy atom. The van der Waals surface area contributed by atoms with Gasteiger partial charge in [0.2, 0.25) is 5.91 Å². The molecular formula is C18H24FN2O6P. The first-order chi connectivity index (χ1) is 13.0. The summed E-state index contributed by atoms with van der Waals surface area (Å²) in [7, 11) is -4.44. The molecule has 8 nitrogen and oxygen atoms in total. The number of amides is 1. The zero-order chi connectivity index (χ0) is 21.3. The Morgan fingerprint density at radius 3 is 2.46 bits per heavy atom. The lowest BCUT2D eigenvalue weighted by Gasteiger charge is -2.21. The summed E-state index contributed by atoms with van der Waals surface area (Å²) in [5.74, 6) is 2.89. The molecule has 0 aromatic heterocycles. The lowest BCUT2D eigenvalue weighted by molar-refractivity contribution is -0.142. The van der Waals surface area contributed by atoms with E-state index in [0.29, 0.717) is 5.56 Å². The number of benzene rings is 1. The molecule has 0 aliphatic carbocycles. The number of carboxylic acid groups (broad SMARTS) is 1. The van der Waals surface area contributed by atoms with Gasteiger partial charge in [0, 0.05) is 12.0 Å². The van der Waals surface area contributed by atoms with Gasteiger partial charge in [0.25, 0.3) is 0 Å². The van der Waals surface area contributed by atoms with E-state index in [4.69, 9.17) is 9.79 Å². The van der Waals surface area contributed by atoms with Crippen LogP contribution in [0.1, 0.15) is 32.3 Å². The van der Waals surface area contributed by atoms with Crippen LogP contribution in [0.4, 0.5) is 4.39 Å². The van der Waals surface area contributed by atoms with Crippen LogP contribution < -0.4 is 10.6 Å². The Balaban J connectivity index is 2.90. The van der Waals surface area contributed by atoms with Crippen LogP contribution in [0.3, 0.4) is 0 Å². The van der Waals surface area contributed by atoms with E-state index in [1.54, 1.807) is 19.9 Å². The minimum Gasteiger partial charge on any atom is -0.480 e. The number of carbonyl (C=O) groups excluding carboxylic acids is 1. The van der Waals surface area contributed by atoms with Crippen LogP contribution >= 0.6 is 7.60 Å². The Labute approximate surface area is 162 Å². The highest BCUT2D eigenvalue weighted by Crippen LogP contribution is 2.32. The van der Waals surface area contributed by atoms with Crippen LogP contribution in [0.2, 0.25) is 0 Å². The largest absolute Gasteiger partial charge is 0.480 e. The van der Waals surface area contributed by atoms with Gasteiger partial charge in [-0.1, -0.05) is 31.8 Å². The second-order valence-electron chi connectivity index (χ2n) is 6.62. The van der Waals surface area contributed by atoms with Crippen molar-refractivity contribution in [2.45, 2.75) is 38.8 Å². The summed E-state index contributed by atoms with van der Waals surface area (Å²) < 4.78 is 24.3. The van der Waals surface area contributed by atoms with E-state index in [1.807, 2.05) is 0 Å². The Bertz CT molecular complexity index is 799. The third-order valence-electron chi connectivity index (χ3n) is 3.55. The SMILES string of the molecule is CC(C)CC(NC(=O)C(CC#Cc1cccc(F)c1)NCP(=O)(O)O)C(=O)O. The second kappa shape index (κ2) is 10.9. The molecular weight excluding hydrogens is 390 g/mol. The molecule has 0 saturated heterocycles. The van der Waals surface area contributed by atoms with Crippen molar-refractivity contribution in [2.75, 3.05) is 6.29 Å². The standard InChI is InChI=1S/C18H24FN2O6P/c1-12(2)9-16(18(23)24)21-17(22)15(20-11-28(25,26)27)8-4-6-13-5-3-7-14(19)10-13/h3,5,7,10,12,15-16,20H,8-9,11H2,1-2H3,(H,21,22)(H,23,24)(H2,25,26,27). The number of nitrogens with one attached hydrogen (secondary N) is 2. The number of carboxylic acids is 1. The van der Waals surface area contributed by atoms with E-state index >= 15 is 0 Å². The summed E-state index contributed by atoms with van der Waals surface area (Å²) in [5.41, 5.74) is 0.373. The van der Waals surface area contributed by atoms with Gasteiger partial charge in [0.05, 0.1) is 12.3 Å². The summed E-state index contributed by atoms with van der Waals surface area (Å²) in [6.45, 7) is 3.60. The van der Waals surface area contributed by atoms with E-state index < -0.39 is 43.7 Å². The van der Waals surface area contributed by atoms with Gasteiger partial charge >= 0.3 is 13.6 Å². The first-order valence-electron chi connectivity index (χ1n) is 8.53. The van der Waals surface area contributed by atoms with Gasteiger partial charge in [-0.15, -0.1) is 0 Å². The minimum absolute atomic E-state index is 0.00989. The maximum absolute atomic E-state index is 13.2. The van der Waals surface area contributed by atoms with Crippen molar-refractivity contribution in [3.8, 4) is 11.8 Å². The molecule has 10 heteroatoms. The fourth-order valence-electron chi connectivity index (χ4n) is 2.27. The van der Waals surface area contributed by atoms with E-state index in [1.165, 1.54) is 18.2 Å². The van der Waals surface area contributed by atoms with Gasteiger partial charge in [0.15, 0.2) is 0 Å². The summed E-state index contributed by atoms with van der Waals surface area (Å²) in [6.07, 6.45) is -0.730. The van der Waals surface area contributed by atoms with Gasteiger partial charge in [0.1, 0.15) is 11.9 Å². The number of carbonyl (C=O) groups is 2. The highest BCUT2D eigenvalue weighted by molar-refractivity contribution is 7.51. The van der Waals surface area contributed by atoms with Crippen molar-refractivity contribution >= 4 is 19.5 Å².